The number of unbranched alkanes of at least 4 members (excludes halogenated alkanes) is 10. The summed E-state index contributed by atoms with van der Waals surface area (Å²) >= 11 is 0. The summed E-state index contributed by atoms with van der Waals surface area (Å²) in [7, 11) is 2.99. The summed E-state index contributed by atoms with van der Waals surface area (Å²) in [6, 6.07) is 40.1. The molecule has 0 radical (unpaired) electrons. The van der Waals surface area contributed by atoms with Crippen LogP contribution in [0.15, 0.2) is 133 Å². The largest absolute Gasteiger partial charge is 0.386 e. The molecule has 24 nitrogen and oxygen atoms in total. The fourth-order valence-electron chi connectivity index (χ4n) is 22.6. The van der Waals surface area contributed by atoms with E-state index in [4.69, 9.17) is 18.9 Å². The third-order valence-corrected chi connectivity index (χ3v) is 28.7. The smallest absolute Gasteiger partial charge is 0.346 e. The number of imide groups is 4. The van der Waals surface area contributed by atoms with E-state index in [0.29, 0.717) is 123 Å². The topological polar surface area (TPSA) is 323 Å². The van der Waals surface area contributed by atoms with Crippen molar-refractivity contribution < 1.29 is 95.7 Å². The summed E-state index contributed by atoms with van der Waals surface area (Å²) in [5, 5.41) is 20.5. The van der Waals surface area contributed by atoms with Crippen LogP contribution in [0, 0.1) is 41.5 Å². The monoisotopic (exact) mass is 1810 g/mol. The van der Waals surface area contributed by atoms with E-state index < -0.39 is 47.8 Å². The average molecular weight is 1810 g/mol. The minimum Gasteiger partial charge on any atom is -0.386 e. The van der Waals surface area contributed by atoms with E-state index in [1.165, 1.54) is 74.6 Å². The van der Waals surface area contributed by atoms with Gasteiger partial charge in [0.2, 0.25) is 0 Å². The Labute approximate surface area is 776 Å². The molecule has 0 fully saturated rings. The predicted molar refractivity (Wildman–Crippen MR) is 518 cm³/mol. The van der Waals surface area contributed by atoms with Crippen LogP contribution in [0.5, 0.6) is 0 Å². The quantitative estimate of drug-likeness (QED) is 0.0186. The van der Waals surface area contributed by atoms with Gasteiger partial charge in [-0.1, -0.05) is 141 Å². The van der Waals surface area contributed by atoms with Crippen molar-refractivity contribution in [3.8, 4) is 0 Å². The van der Waals surface area contributed by atoms with Crippen LogP contribution in [0.1, 0.15) is 305 Å². The Morgan fingerprint density at radius 1 is 0.199 bits per heavy atom. The van der Waals surface area contributed by atoms with Crippen LogP contribution < -0.4 is 0 Å². The number of aryl methyl sites for hydroxylation is 6. The molecule has 0 unspecified atom stereocenters. The first-order valence-corrected chi connectivity index (χ1v) is 45.1. The maximum atomic E-state index is 14.0. The predicted octanol–water partition coefficient (Wildman–Crippen LogP) is 22.8. The molecule has 0 aromatic heterocycles. The van der Waals surface area contributed by atoms with E-state index in [9.17, 15) is 76.7 Å². The summed E-state index contributed by atoms with van der Waals surface area (Å²) in [4.78, 5) is 211. The van der Waals surface area contributed by atoms with Crippen LogP contribution in [0.2, 0.25) is 0 Å². The Bertz CT molecular complexity index is 8310. The fourth-order valence-corrected chi connectivity index (χ4v) is 22.6. The number of rotatable bonds is 14. The Morgan fingerprint density at radius 3 is 0.860 bits per heavy atom. The van der Waals surface area contributed by atoms with E-state index in [1.807, 2.05) is 100 Å². The molecule has 0 spiro atoms. The first-order chi connectivity index (χ1) is 64.5. The molecule has 0 bridgehead atoms. The number of esters is 8. The van der Waals surface area contributed by atoms with Crippen molar-refractivity contribution >= 4 is 235 Å². The van der Waals surface area contributed by atoms with Crippen LogP contribution in [0.3, 0.4) is 0 Å². The second kappa shape index (κ2) is 31.9. The summed E-state index contributed by atoms with van der Waals surface area (Å²) < 4.78 is 19.4. The number of carbonyl (C=O) groups is 16. The zero-order valence-electron chi connectivity index (χ0n) is 74.6. The van der Waals surface area contributed by atoms with Gasteiger partial charge in [0.15, 0.2) is 0 Å². The Kier molecular flexibility index (Phi) is 20.6. The zero-order valence-corrected chi connectivity index (χ0v) is 74.6. The van der Waals surface area contributed by atoms with Crippen molar-refractivity contribution in [1.82, 2.24) is 19.6 Å². The number of cyclic esters (lactones) is 8. The first kappa shape index (κ1) is 88.0. The van der Waals surface area contributed by atoms with Crippen molar-refractivity contribution in [1.29, 1.82) is 0 Å². The second-order valence-corrected chi connectivity index (χ2v) is 36.3. The van der Waals surface area contributed by atoms with E-state index >= 15 is 0 Å². The third kappa shape index (κ3) is 12.2. The second-order valence-electron chi connectivity index (χ2n) is 36.3. The summed E-state index contributed by atoms with van der Waals surface area (Å²) in [6.45, 7) is 16.2. The zero-order chi connectivity index (χ0) is 93.5. The highest BCUT2D eigenvalue weighted by molar-refractivity contribution is 6.46. The lowest BCUT2D eigenvalue weighted by atomic mass is 9.80. The molecular weight excluding hydrogens is 1720 g/mol. The highest BCUT2D eigenvalue weighted by Crippen LogP contribution is 2.53. The van der Waals surface area contributed by atoms with Gasteiger partial charge >= 0.3 is 47.8 Å². The van der Waals surface area contributed by atoms with Gasteiger partial charge < -0.3 is 18.9 Å². The van der Waals surface area contributed by atoms with Gasteiger partial charge in [0.25, 0.3) is 47.3 Å². The lowest BCUT2D eigenvalue weighted by molar-refractivity contribution is 0.0364. The van der Waals surface area contributed by atoms with Gasteiger partial charge in [0, 0.05) is 109 Å². The number of nitrogens with zero attached hydrogens (tertiary/aromatic N) is 4. The number of benzene rings is 17. The number of carbonyl (C=O) groups excluding carboxylic acids is 16. The molecule has 8 heterocycles. The molecule has 25 rings (SSSR count). The molecule has 0 atom stereocenters. The minimum atomic E-state index is -0.784. The van der Waals surface area contributed by atoms with E-state index in [2.05, 4.69) is 19.9 Å². The molecule has 0 saturated carbocycles. The van der Waals surface area contributed by atoms with Crippen LogP contribution in [0.4, 0.5) is 0 Å². The number of hydrogen-bond donors (Lipinski definition) is 0. The molecule has 17 aromatic rings. The minimum absolute atomic E-state index is 0. The number of amides is 8. The van der Waals surface area contributed by atoms with Crippen LogP contribution >= 0.6 is 0 Å². The Hall–Kier alpha value is -16.0. The van der Waals surface area contributed by atoms with Crippen molar-refractivity contribution in [3.05, 3.63) is 256 Å². The maximum Gasteiger partial charge on any atom is 0.346 e. The Balaban J connectivity index is 0.000000115. The van der Waals surface area contributed by atoms with Gasteiger partial charge in [-0.15, -0.1) is 0 Å². The van der Waals surface area contributed by atoms with E-state index in [1.54, 1.807) is 56.3 Å². The molecule has 17 aromatic carbocycles. The summed E-state index contributed by atoms with van der Waals surface area (Å²) in [5.74, 6) is -7.90. The average Bonchev–Trinajstić information content (AvgIpc) is 0.688. The molecule has 0 saturated heterocycles. The first-order valence-electron chi connectivity index (χ1n) is 45.1. The Morgan fingerprint density at radius 2 is 0.449 bits per heavy atom. The highest BCUT2D eigenvalue weighted by atomic mass is 16.6. The molecule has 136 heavy (non-hydrogen) atoms. The summed E-state index contributed by atoms with van der Waals surface area (Å²) in [5.41, 5.74) is 10.9. The van der Waals surface area contributed by atoms with E-state index in [-0.39, 0.29) is 89.8 Å². The number of fused-ring (bicyclic) bond motifs is 6. The van der Waals surface area contributed by atoms with E-state index in [0.717, 1.165) is 173 Å². The lowest BCUT2D eigenvalue weighted by Gasteiger charge is -2.31. The van der Waals surface area contributed by atoms with Gasteiger partial charge in [-0.05, 0) is 270 Å². The number of hydrogen-bond acceptors (Lipinski definition) is 20. The van der Waals surface area contributed by atoms with Gasteiger partial charge in [0.05, 0.1) is 50.1 Å². The molecule has 0 aliphatic carbocycles. The van der Waals surface area contributed by atoms with Crippen molar-refractivity contribution in [2.45, 2.75) is 147 Å². The maximum absolute atomic E-state index is 14.0. The third-order valence-electron chi connectivity index (χ3n) is 28.7. The number of ether oxygens (including phenoxy) is 4. The lowest BCUT2D eigenvalue weighted by Crippen LogP contribution is -2.41. The van der Waals surface area contributed by atoms with Gasteiger partial charge in [0.1, 0.15) is 0 Å². The van der Waals surface area contributed by atoms with Crippen molar-refractivity contribution in [2.75, 3.05) is 27.2 Å². The fraction of sp³-hybridized carbons (Fsp3) is 0.232. The normalized spacial score (nSPS) is 15.1. The molecule has 8 aliphatic rings. The molecule has 8 aliphatic heterocycles. The molecule has 676 valence electrons. The van der Waals surface area contributed by atoms with Crippen LogP contribution in [-0.4, -0.2) is 142 Å². The molecule has 8 amide bonds. The van der Waals surface area contributed by atoms with Crippen LogP contribution in [0.25, 0.3) is 140 Å². The van der Waals surface area contributed by atoms with Crippen molar-refractivity contribution in [3.63, 3.8) is 0 Å². The highest BCUT2D eigenvalue weighted by Gasteiger charge is 2.44. The van der Waals surface area contributed by atoms with Gasteiger partial charge in [-0.2, -0.15) is 0 Å². The molecule has 0 N–H and O–H groups in total. The SMILES string of the molecule is C.C.CCCCCCCCN1C(=O)c2ccc3c4c(C)cc5c6c(ccc(c7cc(C)c(c2c73)C1=O)c64)C(=O)N(CCCCCCCC)C5=O.CN1C(=O)c2ccc3c4ccc5c6c(ccc(c7ccc(c2c37)C1=O)c64)C(=O)N(C)C5=O.Cc1cc2c3c(cc(C)c4c3c1C(=O)OC4=O)C(=O)OC2=O.Cc1cc2c3ccc4c5c(cc(C)c(c6ccc7c(c1C(=O)OC7=O)c26)c53)C(=O)OC4=O. The molecule has 24 heteroatoms. The van der Waals surface area contributed by atoms with Crippen LogP contribution in [-0.2, 0) is 18.9 Å². The summed E-state index contributed by atoms with van der Waals surface area (Å²) in [6.07, 6.45) is 13.0. The van der Waals surface area contributed by atoms with Crippen molar-refractivity contribution in [2.24, 2.45) is 0 Å². The molecular formula is C112H88N4O20. The standard InChI is InChI=1S/C42H46N2O4.C26H14N2O4.C26H12O6.C16H8O6.2CH4/c1-5-7-9-11-13-15-21-43-39(45)29-19-17-27-31-23-26(4)34-38-30(40(46)44(42(34)48)22-16-14-12-10-8-6-2)20-18-28(35(31)38)33-25(3)24-32(41(43)47)36(29)37(27)33;1-27-23(29)15-7-3-11-13-5-9-17-22-18(26(32)28(2)25(17)31)10-6-14(20(13)22)12-4-8-16(24(27)30)21(15)19(11)12;1-9-8-16-20-13(23(27)31-25(16)29)5-3-11-15-7-10(2)18-22-14(24(28)32-26(18)30)6-4-12(19(15)22)17(9)21(11)20;1-5-3-7-11-8(14(18)21-13(7)17)4-6(2)10-12(11)9(5)15(19)22-16(10)20;;/h17-20,23-24H,5-16,21-22H2,1-4H3;3-10H,1-2H3;3-8H,1-2H3;3-4H,1-2H3;2*1H4. The van der Waals surface area contributed by atoms with Gasteiger partial charge in [-0.25, -0.2) is 38.4 Å². The van der Waals surface area contributed by atoms with Gasteiger partial charge in [-0.3, -0.25) is 58.0 Å².